The molecule has 0 amide bonds. The van der Waals surface area contributed by atoms with Crippen LogP contribution in [0.1, 0.15) is 11.1 Å². The molecule has 0 bridgehead atoms. The van der Waals surface area contributed by atoms with Crippen LogP contribution in [0.4, 0.5) is 0 Å². The fraction of sp³-hybridized carbons (Fsp3) is 0.438. The number of hydrogen-bond donors (Lipinski definition) is 5. The molecule has 0 radical (unpaired) electrons. The van der Waals surface area contributed by atoms with Gasteiger partial charge in [-0.25, -0.2) is 10.1 Å². The first kappa shape index (κ1) is 19.0. The van der Waals surface area contributed by atoms with Crippen LogP contribution in [0, 0.1) is 13.8 Å². The van der Waals surface area contributed by atoms with E-state index >= 15 is 0 Å². The Morgan fingerprint density at radius 1 is 1.15 bits per heavy atom. The van der Waals surface area contributed by atoms with Crippen molar-refractivity contribution in [1.29, 1.82) is 0 Å². The third kappa shape index (κ3) is 3.57. The lowest BCUT2D eigenvalue weighted by molar-refractivity contribution is -0.0805. The molecule has 0 unspecified atom stereocenters. The number of benzene rings is 1. The van der Waals surface area contributed by atoms with Crippen LogP contribution in [0.2, 0.25) is 0 Å². The molecule has 0 aliphatic rings. The third-order valence-electron chi connectivity index (χ3n) is 4.48. The van der Waals surface area contributed by atoms with Crippen molar-refractivity contribution in [3.05, 3.63) is 33.6 Å². The number of fused-ring (bicyclic) bond motifs is 1. The van der Waals surface area contributed by atoms with Gasteiger partial charge >= 0.3 is 0 Å². The van der Waals surface area contributed by atoms with E-state index in [0.29, 0.717) is 11.0 Å². The van der Waals surface area contributed by atoms with Crippen molar-refractivity contribution in [2.24, 2.45) is 0 Å². The monoisotopic (exact) mass is 376 g/mol. The van der Waals surface area contributed by atoms with Gasteiger partial charge in [0.15, 0.2) is 5.69 Å². The summed E-state index contributed by atoms with van der Waals surface area (Å²) in [6, 6.07) is 3.54. The van der Waals surface area contributed by atoms with Gasteiger partial charge in [0.1, 0.15) is 18.3 Å². The van der Waals surface area contributed by atoms with Gasteiger partial charge in [-0.05, 0) is 47.5 Å². The summed E-state index contributed by atoms with van der Waals surface area (Å²) < 4.78 is 1.24. The quantitative estimate of drug-likeness (QED) is 0.335. The number of rotatable bonds is 6. The van der Waals surface area contributed by atoms with Crippen LogP contribution >= 0.6 is 0 Å². The zero-order chi connectivity index (χ0) is 19.7. The Morgan fingerprint density at radius 2 is 1.85 bits per heavy atom. The molecule has 11 heteroatoms. The van der Waals surface area contributed by atoms with E-state index in [1.807, 2.05) is 13.8 Å². The standard InChI is InChI=1S/C16H20N6O5/c1-7-3-9-10(4-8(7)2)22(5-11(24)14(26)12(25)6-23)16(27)13(17-9)15-18-20-21-19-15/h3-4,11-12,14,23-26H,5-6H2,1-2H3,(H,18,19,20,21)/t11-,12+,14-/m0/s1. The van der Waals surface area contributed by atoms with Crippen molar-refractivity contribution in [2.45, 2.75) is 38.7 Å². The second-order valence-electron chi connectivity index (χ2n) is 6.36. The number of nitrogens with one attached hydrogen (secondary N) is 1. The van der Waals surface area contributed by atoms with Gasteiger partial charge in [0.05, 0.1) is 24.2 Å². The van der Waals surface area contributed by atoms with E-state index in [2.05, 4.69) is 25.6 Å². The zero-order valence-electron chi connectivity index (χ0n) is 14.7. The van der Waals surface area contributed by atoms with Gasteiger partial charge in [0.2, 0.25) is 5.82 Å². The number of tetrazole rings is 1. The molecule has 3 rings (SSSR count). The van der Waals surface area contributed by atoms with Gasteiger partial charge in [0, 0.05) is 0 Å². The van der Waals surface area contributed by atoms with Gasteiger partial charge in [-0.3, -0.25) is 4.79 Å². The van der Waals surface area contributed by atoms with Gasteiger partial charge < -0.3 is 25.0 Å². The van der Waals surface area contributed by atoms with Crippen molar-refractivity contribution < 1.29 is 20.4 Å². The molecule has 2 aromatic heterocycles. The molecule has 2 heterocycles. The smallest absolute Gasteiger partial charge is 0.281 e. The van der Waals surface area contributed by atoms with Gasteiger partial charge in [-0.15, -0.1) is 5.10 Å². The first-order chi connectivity index (χ1) is 12.8. The molecule has 3 atom stereocenters. The summed E-state index contributed by atoms with van der Waals surface area (Å²) in [5.41, 5.74) is 2.18. The Kier molecular flexibility index (Phi) is 5.28. The SMILES string of the molecule is Cc1cc2nc(-c3nnn[nH]3)c(=O)n(C[C@H](O)[C@H](O)[C@H](O)CO)c2cc1C. The van der Waals surface area contributed by atoms with Crippen molar-refractivity contribution in [1.82, 2.24) is 30.2 Å². The van der Waals surface area contributed by atoms with E-state index < -0.39 is 30.5 Å². The highest BCUT2D eigenvalue weighted by Gasteiger charge is 2.26. The summed E-state index contributed by atoms with van der Waals surface area (Å²) in [7, 11) is 0. The van der Waals surface area contributed by atoms with Crippen LogP contribution in [0.5, 0.6) is 0 Å². The van der Waals surface area contributed by atoms with Gasteiger partial charge in [-0.1, -0.05) is 0 Å². The van der Waals surface area contributed by atoms with Crippen LogP contribution in [-0.2, 0) is 6.54 Å². The minimum Gasteiger partial charge on any atom is -0.394 e. The lowest BCUT2D eigenvalue weighted by atomic mass is 10.1. The summed E-state index contributed by atoms with van der Waals surface area (Å²) in [6.07, 6.45) is -4.67. The maximum Gasteiger partial charge on any atom is 0.281 e. The number of aromatic nitrogens is 6. The number of aliphatic hydroxyl groups is 4. The summed E-state index contributed by atoms with van der Waals surface area (Å²) in [5.74, 6) is 0.0688. The largest absolute Gasteiger partial charge is 0.394 e. The highest BCUT2D eigenvalue weighted by atomic mass is 16.4. The molecule has 0 saturated carbocycles. The zero-order valence-corrected chi connectivity index (χ0v) is 14.7. The van der Waals surface area contributed by atoms with Crippen LogP contribution < -0.4 is 5.56 Å². The molecule has 0 aliphatic heterocycles. The Morgan fingerprint density at radius 3 is 2.48 bits per heavy atom. The number of H-pyrrole nitrogens is 1. The molecule has 27 heavy (non-hydrogen) atoms. The maximum atomic E-state index is 13.0. The van der Waals surface area contributed by atoms with E-state index in [-0.39, 0.29) is 18.1 Å². The van der Waals surface area contributed by atoms with E-state index in [1.54, 1.807) is 12.1 Å². The van der Waals surface area contributed by atoms with Crippen LogP contribution in [0.25, 0.3) is 22.6 Å². The second kappa shape index (κ2) is 7.48. The normalized spacial score (nSPS) is 15.0. The predicted octanol–water partition coefficient (Wildman–Crippen LogP) is -1.73. The molecule has 3 aromatic rings. The molecule has 5 N–H and O–H groups in total. The summed E-state index contributed by atoms with van der Waals surface area (Å²) in [5, 5.41) is 51.8. The van der Waals surface area contributed by atoms with Crippen molar-refractivity contribution in [3.63, 3.8) is 0 Å². The summed E-state index contributed by atoms with van der Waals surface area (Å²) in [4.78, 5) is 17.3. The second-order valence-corrected chi connectivity index (χ2v) is 6.36. The van der Waals surface area contributed by atoms with Crippen molar-refractivity contribution in [2.75, 3.05) is 6.61 Å². The van der Waals surface area contributed by atoms with E-state index in [0.717, 1.165) is 11.1 Å². The molecule has 11 nitrogen and oxygen atoms in total. The number of hydrogen-bond acceptors (Lipinski definition) is 9. The number of aryl methyl sites for hydroxylation is 2. The lowest BCUT2D eigenvalue weighted by Crippen LogP contribution is -2.43. The van der Waals surface area contributed by atoms with Gasteiger partial charge in [-0.2, -0.15) is 0 Å². The Bertz CT molecular complexity index is 1000. The fourth-order valence-corrected chi connectivity index (χ4v) is 2.75. The van der Waals surface area contributed by atoms with Crippen molar-refractivity contribution >= 4 is 11.0 Å². The molecule has 0 saturated heterocycles. The Labute approximate surface area is 152 Å². The minimum atomic E-state index is -1.63. The van der Waals surface area contributed by atoms with Crippen LogP contribution in [-0.4, -0.2) is 75.5 Å². The predicted molar refractivity (Wildman–Crippen MR) is 93.8 cm³/mol. The summed E-state index contributed by atoms with van der Waals surface area (Å²) >= 11 is 0. The molecule has 1 aromatic carbocycles. The number of aliphatic hydroxyl groups excluding tert-OH is 4. The molecule has 0 aliphatic carbocycles. The van der Waals surface area contributed by atoms with Crippen LogP contribution in [0.15, 0.2) is 16.9 Å². The van der Waals surface area contributed by atoms with E-state index in [4.69, 9.17) is 5.11 Å². The average molecular weight is 376 g/mol. The van der Waals surface area contributed by atoms with Gasteiger partial charge in [0.25, 0.3) is 5.56 Å². The van der Waals surface area contributed by atoms with E-state index in [9.17, 15) is 20.1 Å². The fourth-order valence-electron chi connectivity index (χ4n) is 2.75. The highest BCUT2D eigenvalue weighted by Crippen LogP contribution is 2.20. The molecular formula is C16H20N6O5. The highest BCUT2D eigenvalue weighted by molar-refractivity contribution is 5.78. The average Bonchev–Trinajstić information content (AvgIpc) is 3.18. The first-order valence-corrected chi connectivity index (χ1v) is 8.24. The van der Waals surface area contributed by atoms with Crippen LogP contribution in [0.3, 0.4) is 0 Å². The molecular weight excluding hydrogens is 356 g/mol. The Hall–Kier alpha value is -2.73. The Balaban J connectivity index is 2.18. The minimum absolute atomic E-state index is 0.0415. The van der Waals surface area contributed by atoms with Crippen molar-refractivity contribution in [3.8, 4) is 11.5 Å². The summed E-state index contributed by atoms with van der Waals surface area (Å²) in [6.45, 7) is 2.72. The number of nitrogens with zero attached hydrogens (tertiary/aromatic N) is 5. The maximum absolute atomic E-state index is 13.0. The molecule has 0 spiro atoms. The van der Waals surface area contributed by atoms with E-state index in [1.165, 1.54) is 4.57 Å². The number of aromatic amines is 1. The third-order valence-corrected chi connectivity index (χ3v) is 4.48. The topological polar surface area (TPSA) is 170 Å². The molecule has 144 valence electrons. The lowest BCUT2D eigenvalue weighted by Gasteiger charge is -2.23. The first-order valence-electron chi connectivity index (χ1n) is 8.24. The molecule has 0 fully saturated rings.